The lowest BCUT2D eigenvalue weighted by atomic mass is 9.49. The van der Waals surface area contributed by atoms with Gasteiger partial charge >= 0.3 is 5.97 Å². The molecule has 0 heterocycles. The Morgan fingerprint density at radius 1 is 0.943 bits per heavy atom. The summed E-state index contributed by atoms with van der Waals surface area (Å²) < 4.78 is 5.68. The molecular weight excluding hydrogens is 466 g/mol. The average molecular weight is 492 g/mol. The maximum absolute atomic E-state index is 13.3. The summed E-state index contributed by atoms with van der Waals surface area (Å²) in [6.45, 7) is 1.55. The molecule has 6 nitrogen and oxygen atoms in total. The summed E-state index contributed by atoms with van der Waals surface area (Å²) in [4.78, 5) is 51.6. The minimum Gasteiger partial charge on any atom is -0.452 e. The quantitative estimate of drug-likeness (QED) is 0.413. The zero-order valence-corrected chi connectivity index (χ0v) is 20.2. The molecule has 0 saturated heterocycles. The van der Waals surface area contributed by atoms with Gasteiger partial charge in [-0.25, -0.2) is 0 Å². The molecule has 2 aromatic carbocycles. The molecule has 4 bridgehead atoms. The molecule has 0 radical (unpaired) electrons. The van der Waals surface area contributed by atoms with Gasteiger partial charge in [-0.2, -0.15) is 0 Å². The molecule has 0 aromatic heterocycles. The van der Waals surface area contributed by atoms with E-state index in [4.69, 9.17) is 16.3 Å². The van der Waals surface area contributed by atoms with Crippen molar-refractivity contribution in [2.24, 2.45) is 17.3 Å². The Morgan fingerprint density at radius 3 is 2.17 bits per heavy atom. The van der Waals surface area contributed by atoms with Gasteiger partial charge in [0.1, 0.15) is 0 Å². The largest absolute Gasteiger partial charge is 0.452 e. The number of hydrogen-bond acceptors (Lipinski definition) is 5. The van der Waals surface area contributed by atoms with E-state index in [1.54, 1.807) is 43.3 Å². The third-order valence-electron chi connectivity index (χ3n) is 8.27. The van der Waals surface area contributed by atoms with Crippen LogP contribution in [0.2, 0.25) is 0 Å². The Morgan fingerprint density at radius 2 is 1.54 bits per heavy atom. The zero-order valence-electron chi connectivity index (χ0n) is 19.4. The maximum atomic E-state index is 13.3. The molecule has 180 valence electrons. The van der Waals surface area contributed by atoms with Crippen LogP contribution in [-0.4, -0.2) is 34.4 Å². The number of benzene rings is 2. The van der Waals surface area contributed by atoms with Crippen LogP contribution in [0.4, 0.5) is 5.69 Å². The number of hydrogen-bond donors (Lipinski definition) is 1. The Kier molecular flexibility index (Phi) is 4.98. The van der Waals surface area contributed by atoms with Crippen LogP contribution in [0, 0.1) is 17.3 Å². The number of halogens is 1. The van der Waals surface area contributed by atoms with E-state index >= 15 is 0 Å². The highest BCUT2D eigenvalue weighted by atomic mass is 35.5. The van der Waals surface area contributed by atoms with Crippen LogP contribution < -0.4 is 5.32 Å². The molecular formula is C28H26ClNO5. The number of amides is 1. The Balaban J connectivity index is 1.16. The van der Waals surface area contributed by atoms with Gasteiger partial charge in [-0.3, -0.25) is 19.2 Å². The number of alkyl halides is 1. The van der Waals surface area contributed by atoms with Crippen molar-refractivity contribution in [1.29, 1.82) is 0 Å². The Bertz CT molecular complexity index is 1290. The van der Waals surface area contributed by atoms with E-state index in [1.165, 1.54) is 6.07 Å². The minimum absolute atomic E-state index is 0.219. The molecule has 1 amide bonds. The third-order valence-corrected chi connectivity index (χ3v) is 8.71. The molecule has 5 aliphatic rings. The number of ether oxygens (including phenoxy) is 1. The zero-order chi connectivity index (χ0) is 24.5. The third kappa shape index (κ3) is 3.61. The molecule has 4 saturated carbocycles. The van der Waals surface area contributed by atoms with Crippen molar-refractivity contribution in [3.05, 3.63) is 64.7 Å². The van der Waals surface area contributed by atoms with Crippen LogP contribution in [0.1, 0.15) is 77.3 Å². The van der Waals surface area contributed by atoms with E-state index in [0.29, 0.717) is 40.6 Å². The minimum atomic E-state index is -1.00. The first kappa shape index (κ1) is 22.5. The van der Waals surface area contributed by atoms with E-state index in [1.807, 2.05) is 0 Å². The van der Waals surface area contributed by atoms with Gasteiger partial charge < -0.3 is 10.1 Å². The van der Waals surface area contributed by atoms with Gasteiger partial charge in [0.25, 0.3) is 5.91 Å². The van der Waals surface area contributed by atoms with Crippen molar-refractivity contribution in [3.8, 4) is 0 Å². The number of carbonyl (C=O) groups is 4. The second kappa shape index (κ2) is 7.76. The lowest BCUT2D eigenvalue weighted by Gasteiger charge is -2.58. The van der Waals surface area contributed by atoms with E-state index in [-0.39, 0.29) is 28.0 Å². The van der Waals surface area contributed by atoms with Crippen LogP contribution >= 0.6 is 11.6 Å². The molecule has 0 spiro atoms. The second-order valence-corrected chi connectivity index (χ2v) is 11.7. The number of carbonyl (C=O) groups excluding carboxylic acids is 4. The van der Waals surface area contributed by atoms with E-state index in [0.717, 1.165) is 32.1 Å². The number of fused-ring (bicyclic) bond motifs is 2. The number of ketones is 2. The van der Waals surface area contributed by atoms with Crippen LogP contribution in [0.25, 0.3) is 0 Å². The highest BCUT2D eigenvalue weighted by Gasteiger charge is 2.61. The molecule has 1 N–H and O–H groups in total. The predicted molar refractivity (Wildman–Crippen MR) is 130 cm³/mol. The first-order valence-corrected chi connectivity index (χ1v) is 12.6. The van der Waals surface area contributed by atoms with Crippen LogP contribution in [0.15, 0.2) is 42.5 Å². The fourth-order valence-corrected chi connectivity index (χ4v) is 7.84. The lowest BCUT2D eigenvalue weighted by molar-refractivity contribution is -0.176. The second-order valence-electron chi connectivity index (χ2n) is 10.9. The van der Waals surface area contributed by atoms with Crippen molar-refractivity contribution in [1.82, 2.24) is 0 Å². The van der Waals surface area contributed by atoms with Crippen LogP contribution in [0.3, 0.4) is 0 Å². The van der Waals surface area contributed by atoms with Gasteiger partial charge in [-0.1, -0.05) is 24.3 Å². The van der Waals surface area contributed by atoms with E-state index < -0.39 is 17.4 Å². The topological polar surface area (TPSA) is 89.5 Å². The monoisotopic (exact) mass is 491 g/mol. The first-order chi connectivity index (χ1) is 16.7. The predicted octanol–water partition coefficient (Wildman–Crippen LogP) is 4.91. The Hall–Kier alpha value is -2.99. The number of nitrogens with one attached hydrogen (secondary N) is 1. The average Bonchev–Trinajstić information content (AvgIpc) is 2.81. The van der Waals surface area contributed by atoms with Crippen LogP contribution in [-0.2, 0) is 14.3 Å². The normalized spacial score (nSPS) is 30.9. The molecule has 0 aliphatic heterocycles. The summed E-state index contributed by atoms with van der Waals surface area (Å²) in [5.74, 6) is -0.399. The number of rotatable bonds is 4. The summed E-state index contributed by atoms with van der Waals surface area (Å²) in [6, 6.07) is 11.3. The van der Waals surface area contributed by atoms with Gasteiger partial charge in [0, 0.05) is 32.8 Å². The number of anilines is 1. The summed E-state index contributed by atoms with van der Waals surface area (Å²) >= 11 is 6.84. The summed E-state index contributed by atoms with van der Waals surface area (Å²) in [5.41, 5.74) is 1.06. The number of esters is 1. The molecule has 3 atom stereocenters. The summed E-state index contributed by atoms with van der Waals surface area (Å²) in [7, 11) is 0. The van der Waals surface area contributed by atoms with Gasteiger partial charge in [0.2, 0.25) is 0 Å². The fraction of sp³-hybridized carbons (Fsp3) is 0.429. The fourth-order valence-electron chi connectivity index (χ4n) is 7.15. The molecule has 35 heavy (non-hydrogen) atoms. The lowest BCUT2D eigenvalue weighted by Crippen LogP contribution is -2.57. The smallest absolute Gasteiger partial charge is 0.312 e. The maximum Gasteiger partial charge on any atom is 0.312 e. The molecule has 5 aliphatic carbocycles. The summed E-state index contributed by atoms with van der Waals surface area (Å²) in [6.07, 6.45) is 4.23. The van der Waals surface area contributed by atoms with Crippen molar-refractivity contribution < 1.29 is 23.9 Å². The summed E-state index contributed by atoms with van der Waals surface area (Å²) in [5, 5.41) is 2.73. The van der Waals surface area contributed by atoms with E-state index in [9.17, 15) is 19.2 Å². The first-order valence-electron chi connectivity index (χ1n) is 12.2. The van der Waals surface area contributed by atoms with Gasteiger partial charge in [0.15, 0.2) is 17.7 Å². The highest BCUT2D eigenvalue weighted by molar-refractivity contribution is 6.28. The SMILES string of the molecule is C[C@@H](OC(=O)C12C[C@H]3C[C@@H](CC(Cl)(C3)C1)C2)C(=O)Nc1ccc2c(c1)C(=O)c1ccccc1C2=O. The molecule has 7 heteroatoms. The molecule has 0 unspecified atom stereocenters. The molecule has 7 rings (SSSR count). The van der Waals surface area contributed by atoms with Crippen molar-refractivity contribution in [2.75, 3.05) is 5.32 Å². The van der Waals surface area contributed by atoms with Gasteiger partial charge in [-0.15, -0.1) is 11.6 Å². The Labute approximate surface area is 208 Å². The molecule has 4 fully saturated rings. The van der Waals surface area contributed by atoms with Crippen molar-refractivity contribution >= 4 is 40.7 Å². The van der Waals surface area contributed by atoms with Gasteiger partial charge in [-0.05, 0) is 75.5 Å². The molecule has 2 aromatic rings. The van der Waals surface area contributed by atoms with Crippen molar-refractivity contribution in [3.63, 3.8) is 0 Å². The van der Waals surface area contributed by atoms with E-state index in [2.05, 4.69) is 5.32 Å². The standard InChI is InChI=1S/C28H26ClNO5/c1-15(35-26(34)27-10-16-8-17(11-27)13-28(29,12-16)14-27)25(33)30-18-6-7-21-22(9-18)24(32)20-5-3-2-4-19(20)23(21)31/h2-7,9,15-17H,8,10-14H2,1H3,(H,30,33)/t15-,16-,17-,27?,28?/m1/s1. The van der Waals surface area contributed by atoms with Gasteiger partial charge in [0.05, 0.1) is 5.41 Å². The highest BCUT2D eigenvalue weighted by Crippen LogP contribution is 2.64. The van der Waals surface area contributed by atoms with Crippen molar-refractivity contribution in [2.45, 2.75) is 56.4 Å². The van der Waals surface area contributed by atoms with Crippen LogP contribution in [0.5, 0.6) is 0 Å².